The van der Waals surface area contributed by atoms with Crippen molar-refractivity contribution < 1.29 is 27.1 Å². The topological polar surface area (TPSA) is 134 Å². The van der Waals surface area contributed by atoms with Gasteiger partial charge in [0.15, 0.2) is 5.69 Å². The van der Waals surface area contributed by atoms with E-state index in [4.69, 9.17) is 14.6 Å². The van der Waals surface area contributed by atoms with Gasteiger partial charge in [-0.1, -0.05) is 18.2 Å². The minimum atomic E-state index is -3.95. The number of aromatic nitrogens is 2. The highest BCUT2D eigenvalue weighted by molar-refractivity contribution is 7.89. The summed E-state index contributed by atoms with van der Waals surface area (Å²) in [7, 11) is -3.95. The summed E-state index contributed by atoms with van der Waals surface area (Å²) >= 11 is 0. The van der Waals surface area contributed by atoms with Crippen LogP contribution in [0.4, 0.5) is 10.1 Å². The number of ether oxygens (including phenoxy) is 2. The van der Waals surface area contributed by atoms with Crippen LogP contribution in [0.2, 0.25) is 0 Å². The van der Waals surface area contributed by atoms with Gasteiger partial charge in [-0.2, -0.15) is 0 Å². The lowest BCUT2D eigenvalue weighted by molar-refractivity contribution is 0.101. The molecule has 0 aliphatic rings. The van der Waals surface area contributed by atoms with Gasteiger partial charge in [0, 0.05) is 5.69 Å². The van der Waals surface area contributed by atoms with E-state index in [0.29, 0.717) is 22.5 Å². The van der Waals surface area contributed by atoms with Gasteiger partial charge in [0.25, 0.3) is 11.8 Å². The first-order valence-electron chi connectivity index (χ1n) is 9.51. The third kappa shape index (κ3) is 5.22. The Kier molecular flexibility index (Phi) is 6.16. The Bertz CT molecular complexity index is 1430. The monoisotopic (exact) mass is 468 g/mol. The highest BCUT2D eigenvalue weighted by Crippen LogP contribution is 2.27. The van der Waals surface area contributed by atoms with E-state index in [1.54, 1.807) is 24.3 Å². The molecule has 0 unspecified atom stereocenters. The zero-order valence-corrected chi connectivity index (χ0v) is 17.8. The minimum absolute atomic E-state index is 0.0760. The van der Waals surface area contributed by atoms with Crippen molar-refractivity contribution in [2.45, 2.75) is 4.90 Å². The number of rotatable bonds is 7. The van der Waals surface area contributed by atoms with Crippen LogP contribution in [0, 0.1) is 0 Å². The maximum Gasteiger partial charge on any atom is 0.279 e. The van der Waals surface area contributed by atoms with Gasteiger partial charge in [0.2, 0.25) is 16.9 Å². The number of primary sulfonamides is 1. The number of nitrogens with zero attached hydrogens (tertiary/aromatic N) is 2. The molecule has 0 aliphatic carbocycles. The Morgan fingerprint density at radius 2 is 1.61 bits per heavy atom. The minimum Gasteiger partial charge on any atom is -0.463 e. The number of amides is 1. The summed E-state index contributed by atoms with van der Waals surface area (Å²) in [5.41, 5.74) is 1.02. The van der Waals surface area contributed by atoms with E-state index in [-0.39, 0.29) is 22.2 Å². The average molecular weight is 468 g/mol. The van der Waals surface area contributed by atoms with Crippen LogP contribution in [0.3, 0.4) is 0 Å². The number of alkyl halides is 1. The summed E-state index contributed by atoms with van der Waals surface area (Å²) in [6.45, 7) is -0.965. The van der Waals surface area contributed by atoms with E-state index >= 15 is 0 Å². The van der Waals surface area contributed by atoms with Crippen LogP contribution >= 0.6 is 0 Å². The van der Waals surface area contributed by atoms with E-state index in [0.717, 1.165) is 0 Å². The third-order valence-corrected chi connectivity index (χ3v) is 5.34. The molecule has 3 N–H and O–H groups in total. The lowest BCUT2D eigenvalue weighted by Crippen LogP contribution is -2.17. The van der Waals surface area contributed by atoms with Crippen LogP contribution in [0.15, 0.2) is 77.7 Å². The van der Waals surface area contributed by atoms with Crippen molar-refractivity contribution in [2.24, 2.45) is 5.14 Å². The zero-order valence-electron chi connectivity index (χ0n) is 16.9. The Hall–Kier alpha value is -4.09. The van der Waals surface area contributed by atoms with Crippen LogP contribution in [-0.4, -0.2) is 31.2 Å². The predicted molar refractivity (Wildman–Crippen MR) is 118 cm³/mol. The van der Waals surface area contributed by atoms with E-state index in [9.17, 15) is 17.6 Å². The fraction of sp³-hybridized carbons (Fsp3) is 0.0455. The molecule has 0 aliphatic heterocycles. The molecule has 9 nitrogen and oxygen atoms in total. The molecule has 11 heteroatoms. The number of benzene rings is 3. The first-order chi connectivity index (χ1) is 15.8. The zero-order chi connectivity index (χ0) is 23.4. The molecule has 0 saturated carbocycles. The molecule has 1 amide bonds. The summed E-state index contributed by atoms with van der Waals surface area (Å²) in [6.07, 6.45) is 0. The Labute approximate surface area is 188 Å². The summed E-state index contributed by atoms with van der Waals surface area (Å²) in [4.78, 5) is 21.6. The molecule has 4 aromatic rings. The smallest absolute Gasteiger partial charge is 0.279 e. The standard InChI is InChI=1S/C22H17FN4O5S/c23-13-31-15-8-10-16(11-9-15)32-22-20(26-18-6-1-2-7-19(18)27-22)21(28)25-14-4-3-5-17(12-14)33(24,29)30/h1-12H,13H2,(H,25,28)(H2,24,29,30). The van der Waals surface area contributed by atoms with Gasteiger partial charge in [-0.25, -0.2) is 27.9 Å². The second-order valence-electron chi connectivity index (χ2n) is 6.72. The number of hydrogen-bond acceptors (Lipinski definition) is 7. The number of anilines is 1. The van der Waals surface area contributed by atoms with E-state index < -0.39 is 22.8 Å². The first kappa shape index (κ1) is 22.1. The van der Waals surface area contributed by atoms with Gasteiger partial charge in [0.1, 0.15) is 11.5 Å². The van der Waals surface area contributed by atoms with E-state index in [1.165, 1.54) is 48.5 Å². The molecule has 33 heavy (non-hydrogen) atoms. The third-order valence-electron chi connectivity index (χ3n) is 4.43. The number of sulfonamides is 1. The Balaban J connectivity index is 1.69. The highest BCUT2D eigenvalue weighted by atomic mass is 32.2. The molecule has 0 bridgehead atoms. The van der Waals surface area contributed by atoms with Gasteiger partial charge < -0.3 is 14.8 Å². The van der Waals surface area contributed by atoms with Crippen LogP contribution in [0.25, 0.3) is 11.0 Å². The van der Waals surface area contributed by atoms with Gasteiger partial charge in [-0.3, -0.25) is 4.79 Å². The van der Waals surface area contributed by atoms with Gasteiger partial charge in [0.05, 0.1) is 15.9 Å². The van der Waals surface area contributed by atoms with Crippen LogP contribution in [-0.2, 0) is 10.0 Å². The molecule has 0 saturated heterocycles. The van der Waals surface area contributed by atoms with Crippen molar-refractivity contribution >= 4 is 32.7 Å². The van der Waals surface area contributed by atoms with Gasteiger partial charge in [-0.15, -0.1) is 0 Å². The van der Waals surface area contributed by atoms with Crippen molar-refractivity contribution in [3.05, 3.63) is 78.5 Å². The number of nitrogens with one attached hydrogen (secondary N) is 1. The van der Waals surface area contributed by atoms with Crippen LogP contribution in [0.5, 0.6) is 17.4 Å². The summed E-state index contributed by atoms with van der Waals surface area (Å²) in [5, 5.41) is 7.74. The van der Waals surface area contributed by atoms with Crippen molar-refractivity contribution in [3.8, 4) is 17.4 Å². The molecule has 4 rings (SSSR count). The maximum atomic E-state index is 13.0. The SMILES string of the molecule is NS(=O)(=O)c1cccc(NC(=O)c2nc3ccccc3nc2Oc2ccc(OCF)cc2)c1. The molecule has 168 valence electrons. The maximum absolute atomic E-state index is 13.0. The normalized spacial score (nSPS) is 11.2. The van der Waals surface area contributed by atoms with Crippen LogP contribution in [0.1, 0.15) is 10.5 Å². The molecule has 3 aromatic carbocycles. The predicted octanol–water partition coefficient (Wildman–Crippen LogP) is 3.63. The molecule has 0 spiro atoms. The van der Waals surface area contributed by atoms with Gasteiger partial charge in [-0.05, 0) is 54.6 Å². The molecular formula is C22H17FN4O5S. The number of nitrogens with two attached hydrogens (primary N) is 1. The van der Waals surface area contributed by atoms with Crippen molar-refractivity contribution in [2.75, 3.05) is 12.2 Å². The lowest BCUT2D eigenvalue weighted by atomic mass is 10.2. The average Bonchev–Trinajstić information content (AvgIpc) is 2.79. The molecular weight excluding hydrogens is 451 g/mol. The van der Waals surface area contributed by atoms with Gasteiger partial charge >= 0.3 is 0 Å². The number of halogens is 1. The Morgan fingerprint density at radius 3 is 2.27 bits per heavy atom. The van der Waals surface area contributed by atoms with Crippen molar-refractivity contribution in [1.29, 1.82) is 0 Å². The molecule has 0 atom stereocenters. The number of hydrogen-bond donors (Lipinski definition) is 2. The summed E-state index contributed by atoms with van der Waals surface area (Å²) < 4.78 is 46.1. The second kappa shape index (κ2) is 9.18. The number of carbonyl (C=O) groups is 1. The summed E-state index contributed by atoms with van der Waals surface area (Å²) in [6, 6.07) is 18.5. The molecule has 0 fully saturated rings. The van der Waals surface area contributed by atoms with Crippen molar-refractivity contribution in [3.63, 3.8) is 0 Å². The fourth-order valence-corrected chi connectivity index (χ4v) is 3.48. The number of fused-ring (bicyclic) bond motifs is 1. The number of carbonyl (C=O) groups excluding carboxylic acids is 1. The van der Waals surface area contributed by atoms with Crippen LogP contribution < -0.4 is 19.9 Å². The van der Waals surface area contributed by atoms with Crippen molar-refractivity contribution in [1.82, 2.24) is 9.97 Å². The number of para-hydroxylation sites is 2. The van der Waals surface area contributed by atoms with E-state index in [1.807, 2.05) is 0 Å². The second-order valence-corrected chi connectivity index (χ2v) is 8.28. The highest BCUT2D eigenvalue weighted by Gasteiger charge is 2.20. The first-order valence-corrected chi connectivity index (χ1v) is 11.1. The fourth-order valence-electron chi connectivity index (χ4n) is 2.92. The van der Waals surface area contributed by atoms with E-state index in [2.05, 4.69) is 15.3 Å². The Morgan fingerprint density at radius 1 is 0.939 bits per heavy atom. The molecule has 1 aromatic heterocycles. The summed E-state index contributed by atoms with van der Waals surface area (Å²) in [5.74, 6) is -0.127. The quantitative estimate of drug-likeness (QED) is 0.423. The molecule has 0 radical (unpaired) electrons. The largest absolute Gasteiger partial charge is 0.463 e. The lowest BCUT2D eigenvalue weighted by Gasteiger charge is -2.12. The molecule has 1 heterocycles.